The first-order valence-electron chi connectivity index (χ1n) is 8.99. The Morgan fingerprint density at radius 2 is 1.97 bits per heavy atom. The van der Waals surface area contributed by atoms with Crippen LogP contribution in [0.25, 0.3) is 33.1 Å². The standard InChI is InChI=1S/C21H15F2N5O2/c1-27-9-14(12-6-7-25-18(12)21(27)29)13-3-4-16-19(26-10-28(16)24)20(13)30-17-5-2-11(22)8-15(17)23/h2-10,25H,24H2,1H3. The van der Waals surface area contributed by atoms with Gasteiger partial charge in [-0.2, -0.15) is 0 Å². The summed E-state index contributed by atoms with van der Waals surface area (Å²) < 4.78 is 36.3. The molecule has 150 valence electrons. The summed E-state index contributed by atoms with van der Waals surface area (Å²) in [5, 5.41) is 0.675. The molecule has 0 amide bonds. The summed E-state index contributed by atoms with van der Waals surface area (Å²) in [5.41, 5.74) is 2.46. The number of benzene rings is 2. The number of aryl methyl sites for hydroxylation is 1. The fourth-order valence-corrected chi connectivity index (χ4v) is 3.54. The number of hydrogen-bond acceptors (Lipinski definition) is 4. The minimum absolute atomic E-state index is 0.160. The number of aromatic nitrogens is 4. The number of nitrogens with one attached hydrogen (secondary N) is 1. The van der Waals surface area contributed by atoms with Crippen LogP contribution < -0.4 is 16.1 Å². The summed E-state index contributed by atoms with van der Waals surface area (Å²) in [6.07, 6.45) is 4.75. The molecule has 3 aromatic heterocycles. The number of hydrogen-bond donors (Lipinski definition) is 2. The minimum atomic E-state index is -0.850. The molecule has 3 heterocycles. The highest BCUT2D eigenvalue weighted by Gasteiger charge is 2.20. The van der Waals surface area contributed by atoms with Crippen LogP contribution >= 0.6 is 0 Å². The second kappa shape index (κ2) is 6.45. The molecule has 0 unspecified atom stereocenters. The number of pyridine rings is 1. The zero-order valence-corrected chi connectivity index (χ0v) is 15.7. The van der Waals surface area contributed by atoms with Gasteiger partial charge in [-0.25, -0.2) is 18.4 Å². The minimum Gasteiger partial charge on any atom is -0.451 e. The molecule has 0 atom stereocenters. The first-order valence-corrected chi connectivity index (χ1v) is 8.99. The van der Waals surface area contributed by atoms with Gasteiger partial charge in [0.25, 0.3) is 5.56 Å². The van der Waals surface area contributed by atoms with Crippen molar-refractivity contribution in [3.05, 3.63) is 77.1 Å². The van der Waals surface area contributed by atoms with Crippen LogP contribution in [-0.4, -0.2) is 19.2 Å². The Morgan fingerprint density at radius 1 is 1.13 bits per heavy atom. The highest BCUT2D eigenvalue weighted by Crippen LogP contribution is 2.41. The highest BCUT2D eigenvalue weighted by atomic mass is 19.1. The van der Waals surface area contributed by atoms with E-state index in [-0.39, 0.29) is 17.1 Å². The lowest BCUT2D eigenvalue weighted by atomic mass is 10.0. The molecule has 9 heteroatoms. The molecule has 30 heavy (non-hydrogen) atoms. The van der Waals surface area contributed by atoms with E-state index in [1.165, 1.54) is 21.6 Å². The highest BCUT2D eigenvalue weighted by molar-refractivity contribution is 6.00. The molecular formula is C21H15F2N5O2. The van der Waals surface area contributed by atoms with Gasteiger partial charge in [0.1, 0.15) is 23.2 Å². The van der Waals surface area contributed by atoms with E-state index in [9.17, 15) is 13.6 Å². The number of rotatable bonds is 3. The molecule has 0 aliphatic carbocycles. The van der Waals surface area contributed by atoms with Crippen molar-refractivity contribution in [2.75, 3.05) is 5.84 Å². The van der Waals surface area contributed by atoms with E-state index in [0.717, 1.165) is 12.1 Å². The van der Waals surface area contributed by atoms with Crippen LogP contribution in [0.2, 0.25) is 0 Å². The van der Waals surface area contributed by atoms with Gasteiger partial charge in [-0.3, -0.25) is 4.79 Å². The Morgan fingerprint density at radius 3 is 2.77 bits per heavy atom. The molecule has 0 radical (unpaired) electrons. The maximum atomic E-state index is 14.3. The van der Waals surface area contributed by atoms with E-state index in [1.807, 2.05) is 0 Å². The molecule has 5 rings (SSSR count). The Hall–Kier alpha value is -4.14. The van der Waals surface area contributed by atoms with Crippen molar-refractivity contribution in [3.8, 4) is 22.6 Å². The Labute approximate surface area is 167 Å². The number of H-pyrrole nitrogens is 1. The van der Waals surface area contributed by atoms with E-state index < -0.39 is 11.6 Å². The summed E-state index contributed by atoms with van der Waals surface area (Å²) in [6, 6.07) is 8.36. The van der Waals surface area contributed by atoms with Crippen molar-refractivity contribution < 1.29 is 13.5 Å². The smallest absolute Gasteiger partial charge is 0.274 e. The van der Waals surface area contributed by atoms with Gasteiger partial charge < -0.3 is 20.1 Å². The average molecular weight is 407 g/mol. The Kier molecular flexibility index (Phi) is 3.85. The summed E-state index contributed by atoms with van der Waals surface area (Å²) in [5.74, 6) is 4.44. The Bertz CT molecular complexity index is 1500. The van der Waals surface area contributed by atoms with Crippen molar-refractivity contribution in [3.63, 3.8) is 0 Å². The number of imidazole rings is 1. The molecule has 3 N–H and O–H groups in total. The van der Waals surface area contributed by atoms with Crippen LogP contribution in [-0.2, 0) is 7.05 Å². The zero-order valence-electron chi connectivity index (χ0n) is 15.7. The number of fused-ring (bicyclic) bond motifs is 2. The second-order valence-corrected chi connectivity index (χ2v) is 6.86. The van der Waals surface area contributed by atoms with Crippen LogP contribution in [0.4, 0.5) is 8.78 Å². The molecule has 0 fully saturated rings. The van der Waals surface area contributed by atoms with Crippen molar-refractivity contribution in [1.82, 2.24) is 19.2 Å². The molecule has 0 saturated heterocycles. The summed E-state index contributed by atoms with van der Waals surface area (Å²) in [7, 11) is 1.64. The zero-order chi connectivity index (χ0) is 21.0. The maximum Gasteiger partial charge on any atom is 0.274 e. The fourth-order valence-electron chi connectivity index (χ4n) is 3.54. The lowest BCUT2D eigenvalue weighted by Gasteiger charge is -2.14. The number of aromatic amines is 1. The average Bonchev–Trinajstić information content (AvgIpc) is 3.35. The van der Waals surface area contributed by atoms with E-state index in [0.29, 0.717) is 33.1 Å². The Balaban J connectivity index is 1.82. The van der Waals surface area contributed by atoms with Crippen LogP contribution in [0.1, 0.15) is 0 Å². The van der Waals surface area contributed by atoms with Crippen molar-refractivity contribution in [1.29, 1.82) is 0 Å². The van der Waals surface area contributed by atoms with Crippen LogP contribution in [0.5, 0.6) is 11.5 Å². The number of nitrogens with zero attached hydrogens (tertiary/aromatic N) is 3. The van der Waals surface area contributed by atoms with Gasteiger partial charge in [0, 0.05) is 42.0 Å². The van der Waals surface area contributed by atoms with Gasteiger partial charge in [0.15, 0.2) is 17.3 Å². The SMILES string of the molecule is Cn1cc(-c2ccc3c(ncn3N)c2Oc2ccc(F)cc2F)c2cc[nH]c2c1=O. The lowest BCUT2D eigenvalue weighted by molar-refractivity contribution is 0.442. The van der Waals surface area contributed by atoms with Gasteiger partial charge in [0.2, 0.25) is 0 Å². The van der Waals surface area contributed by atoms with Crippen molar-refractivity contribution in [2.24, 2.45) is 7.05 Å². The van der Waals surface area contributed by atoms with Gasteiger partial charge >= 0.3 is 0 Å². The van der Waals surface area contributed by atoms with E-state index in [1.54, 1.807) is 37.6 Å². The predicted molar refractivity (Wildman–Crippen MR) is 109 cm³/mol. The van der Waals surface area contributed by atoms with Crippen molar-refractivity contribution in [2.45, 2.75) is 0 Å². The number of halogens is 2. The summed E-state index contributed by atoms with van der Waals surface area (Å²) >= 11 is 0. The topological polar surface area (TPSA) is 90.9 Å². The first-order chi connectivity index (χ1) is 14.4. The molecule has 0 aliphatic rings. The quantitative estimate of drug-likeness (QED) is 0.447. The fraction of sp³-hybridized carbons (Fsp3) is 0.0476. The van der Waals surface area contributed by atoms with E-state index in [4.69, 9.17) is 10.6 Å². The van der Waals surface area contributed by atoms with E-state index >= 15 is 0 Å². The van der Waals surface area contributed by atoms with Crippen LogP contribution in [0.3, 0.4) is 0 Å². The third-order valence-electron chi connectivity index (χ3n) is 4.99. The number of nitrogens with two attached hydrogens (primary N) is 1. The number of nitrogen functional groups attached to an aromatic ring is 1. The molecule has 7 nitrogen and oxygen atoms in total. The van der Waals surface area contributed by atoms with Crippen LogP contribution in [0, 0.1) is 11.6 Å². The molecule has 0 spiro atoms. The second-order valence-electron chi connectivity index (χ2n) is 6.86. The van der Waals surface area contributed by atoms with Gasteiger partial charge in [-0.05, 0) is 30.3 Å². The third kappa shape index (κ3) is 2.63. The first kappa shape index (κ1) is 17.9. The molecule has 0 bridgehead atoms. The maximum absolute atomic E-state index is 14.3. The van der Waals surface area contributed by atoms with Gasteiger partial charge in [-0.1, -0.05) is 0 Å². The lowest BCUT2D eigenvalue weighted by Crippen LogP contribution is -2.16. The van der Waals surface area contributed by atoms with Gasteiger partial charge in [-0.15, -0.1) is 0 Å². The number of ether oxygens (including phenoxy) is 1. The van der Waals surface area contributed by atoms with Crippen molar-refractivity contribution >= 4 is 21.9 Å². The van der Waals surface area contributed by atoms with Crippen LogP contribution in [0.15, 0.2) is 59.9 Å². The monoisotopic (exact) mass is 407 g/mol. The summed E-state index contributed by atoms with van der Waals surface area (Å²) in [6.45, 7) is 0. The van der Waals surface area contributed by atoms with Gasteiger partial charge in [0.05, 0.1) is 5.52 Å². The molecule has 0 saturated carbocycles. The largest absolute Gasteiger partial charge is 0.451 e. The molecule has 5 aromatic rings. The molecule has 0 aliphatic heterocycles. The molecular weight excluding hydrogens is 392 g/mol. The normalized spacial score (nSPS) is 11.4. The molecule has 2 aromatic carbocycles. The van der Waals surface area contributed by atoms with E-state index in [2.05, 4.69) is 9.97 Å². The third-order valence-corrected chi connectivity index (χ3v) is 4.99. The predicted octanol–water partition coefficient (Wildman–Crippen LogP) is 3.67. The summed E-state index contributed by atoms with van der Waals surface area (Å²) in [4.78, 5) is 19.7.